The molecule has 1 N–H and O–H groups in total. The summed E-state index contributed by atoms with van der Waals surface area (Å²) in [6.07, 6.45) is 4.01. The topological polar surface area (TPSA) is 84.7 Å². The molecule has 29 heavy (non-hydrogen) atoms. The van der Waals surface area contributed by atoms with E-state index >= 15 is 0 Å². The van der Waals surface area contributed by atoms with Gasteiger partial charge in [-0.05, 0) is 36.1 Å². The molecule has 0 amide bonds. The number of ether oxygens (including phenoxy) is 1. The number of hydrogen-bond acceptors (Lipinski definition) is 5. The number of halogens is 2. The van der Waals surface area contributed by atoms with Crippen LogP contribution in [0.15, 0.2) is 30.7 Å². The van der Waals surface area contributed by atoms with Crippen molar-refractivity contribution >= 4 is 35.1 Å². The average molecular weight is 440 g/mol. The van der Waals surface area contributed by atoms with Crippen LogP contribution < -0.4 is 0 Å². The Kier molecular flexibility index (Phi) is 6.82. The van der Waals surface area contributed by atoms with Crippen LogP contribution in [0.3, 0.4) is 0 Å². The highest BCUT2D eigenvalue weighted by Gasteiger charge is 2.42. The highest BCUT2D eigenvalue weighted by atomic mass is 35.5. The monoisotopic (exact) mass is 439 g/mol. The maximum absolute atomic E-state index is 12.1. The van der Waals surface area contributed by atoms with E-state index in [0.717, 1.165) is 11.3 Å². The molecule has 1 aromatic heterocycles. The number of aromatic nitrogens is 2. The molecule has 2 aromatic rings. The summed E-state index contributed by atoms with van der Waals surface area (Å²) in [5.41, 5.74) is 1.61. The average Bonchev–Trinajstić information content (AvgIpc) is 3.18. The number of esters is 1. The Morgan fingerprint density at radius 3 is 2.62 bits per heavy atom. The Bertz CT molecular complexity index is 879. The number of carboxylic acids is 1. The molecule has 1 fully saturated rings. The van der Waals surface area contributed by atoms with Crippen LogP contribution in [-0.4, -0.2) is 50.3 Å². The number of imidazole rings is 1. The lowest BCUT2D eigenvalue weighted by Crippen LogP contribution is -2.47. The second-order valence-electron chi connectivity index (χ2n) is 7.60. The minimum absolute atomic E-state index is 0.0226. The molecule has 9 heteroatoms. The first kappa shape index (κ1) is 21.6. The molecule has 1 aliphatic rings. The Balaban J connectivity index is 1.81. The molecule has 7 nitrogen and oxygen atoms in total. The van der Waals surface area contributed by atoms with E-state index in [0.29, 0.717) is 23.0 Å². The number of carboxylic acid groups (broad SMARTS) is 1. The largest absolute Gasteiger partial charge is 0.480 e. The van der Waals surface area contributed by atoms with Gasteiger partial charge in [-0.15, -0.1) is 0 Å². The summed E-state index contributed by atoms with van der Waals surface area (Å²) >= 11 is 12.1. The summed E-state index contributed by atoms with van der Waals surface area (Å²) in [5.74, 6) is -1.14. The number of benzene rings is 1. The predicted octanol–water partition coefficient (Wildman–Crippen LogP) is 3.46. The van der Waals surface area contributed by atoms with Gasteiger partial charge in [-0.25, -0.2) is 9.88 Å². The summed E-state index contributed by atoms with van der Waals surface area (Å²) < 4.78 is 7.01. The highest BCUT2D eigenvalue weighted by Crippen LogP contribution is 2.24. The Morgan fingerprint density at radius 2 is 2.00 bits per heavy atom. The van der Waals surface area contributed by atoms with E-state index in [1.807, 2.05) is 18.4 Å². The van der Waals surface area contributed by atoms with Crippen molar-refractivity contribution in [3.63, 3.8) is 0 Å². The fraction of sp³-hybridized carbons (Fsp3) is 0.450. The van der Waals surface area contributed by atoms with Crippen molar-refractivity contribution in [1.82, 2.24) is 14.5 Å². The van der Waals surface area contributed by atoms with Crippen molar-refractivity contribution in [2.75, 3.05) is 6.73 Å². The number of carbonyl (C=O) groups is 2. The lowest BCUT2D eigenvalue weighted by Gasteiger charge is -2.27. The number of hydrogen-bond donors (Lipinski definition) is 1. The van der Waals surface area contributed by atoms with E-state index in [4.69, 9.17) is 27.9 Å². The van der Waals surface area contributed by atoms with Gasteiger partial charge >= 0.3 is 11.9 Å². The van der Waals surface area contributed by atoms with Crippen LogP contribution in [-0.2, 0) is 27.3 Å². The van der Waals surface area contributed by atoms with Gasteiger partial charge in [-0.2, -0.15) is 0 Å². The molecule has 1 aliphatic heterocycles. The third kappa shape index (κ3) is 5.29. The number of cyclic esters (lactones) is 1. The summed E-state index contributed by atoms with van der Waals surface area (Å²) in [4.78, 5) is 30.0. The van der Waals surface area contributed by atoms with Gasteiger partial charge in [0.2, 0.25) is 0 Å². The van der Waals surface area contributed by atoms with E-state index < -0.39 is 18.1 Å². The number of rotatable bonds is 8. The molecule has 1 aromatic carbocycles. The maximum atomic E-state index is 12.1. The molecule has 0 bridgehead atoms. The van der Waals surface area contributed by atoms with Crippen molar-refractivity contribution in [3.8, 4) is 0 Å². The molecule has 2 heterocycles. The van der Waals surface area contributed by atoms with Gasteiger partial charge < -0.3 is 14.4 Å². The Morgan fingerprint density at radius 1 is 1.31 bits per heavy atom. The lowest BCUT2D eigenvalue weighted by molar-refractivity contribution is -0.144. The maximum Gasteiger partial charge on any atom is 0.324 e. The molecular weight excluding hydrogens is 417 g/mol. The molecule has 0 saturated carbocycles. The highest BCUT2D eigenvalue weighted by molar-refractivity contribution is 6.34. The van der Waals surface area contributed by atoms with Crippen molar-refractivity contribution in [3.05, 3.63) is 52.0 Å². The van der Waals surface area contributed by atoms with Crippen LogP contribution in [0.4, 0.5) is 0 Å². The predicted molar refractivity (Wildman–Crippen MR) is 109 cm³/mol. The van der Waals surface area contributed by atoms with Gasteiger partial charge in [-0.3, -0.25) is 9.59 Å². The quantitative estimate of drug-likeness (QED) is 0.633. The van der Waals surface area contributed by atoms with Crippen LogP contribution in [0.25, 0.3) is 0 Å². The first-order valence-corrected chi connectivity index (χ1v) is 10.1. The van der Waals surface area contributed by atoms with Gasteiger partial charge in [0.1, 0.15) is 18.8 Å². The van der Waals surface area contributed by atoms with E-state index in [-0.39, 0.29) is 25.0 Å². The van der Waals surface area contributed by atoms with Crippen molar-refractivity contribution in [2.24, 2.45) is 5.92 Å². The molecule has 3 rings (SSSR count). The van der Waals surface area contributed by atoms with Crippen LogP contribution >= 0.6 is 23.2 Å². The first-order valence-electron chi connectivity index (χ1n) is 9.33. The van der Waals surface area contributed by atoms with Crippen LogP contribution in [0.2, 0.25) is 10.0 Å². The van der Waals surface area contributed by atoms with Crippen LogP contribution in [0.5, 0.6) is 0 Å². The summed E-state index contributed by atoms with van der Waals surface area (Å²) in [7, 11) is 0. The minimum atomic E-state index is -1.00. The minimum Gasteiger partial charge on any atom is -0.480 e. The van der Waals surface area contributed by atoms with Crippen molar-refractivity contribution in [1.29, 1.82) is 0 Å². The van der Waals surface area contributed by atoms with Crippen LogP contribution in [0, 0.1) is 5.92 Å². The zero-order chi connectivity index (χ0) is 21.1. The van der Waals surface area contributed by atoms with Gasteiger partial charge in [0.05, 0.1) is 6.33 Å². The fourth-order valence-electron chi connectivity index (χ4n) is 3.55. The van der Waals surface area contributed by atoms with Gasteiger partial charge in [0.25, 0.3) is 0 Å². The van der Waals surface area contributed by atoms with Crippen molar-refractivity contribution < 1.29 is 19.4 Å². The third-order valence-corrected chi connectivity index (χ3v) is 5.32. The summed E-state index contributed by atoms with van der Waals surface area (Å²) in [6, 6.07) is 3.80. The van der Waals surface area contributed by atoms with E-state index in [2.05, 4.69) is 4.98 Å². The van der Waals surface area contributed by atoms with E-state index in [9.17, 15) is 14.7 Å². The third-order valence-electron chi connectivity index (χ3n) is 4.88. The normalized spacial score (nSPS) is 18.2. The van der Waals surface area contributed by atoms with E-state index in [1.165, 1.54) is 0 Å². The standard InChI is InChI=1S/C20H23Cl2N3O4/c1-12(2)3-18-20(28)29-11-25(18)17(19(26)27)7-16-8-23-10-24(16)9-13-4-14(21)6-15(22)5-13/h4-6,8,10,12,17-18H,3,7,9,11H2,1-2H3,(H,26,27). The Labute approximate surface area is 179 Å². The number of aliphatic carboxylic acids is 1. The van der Waals surface area contributed by atoms with Crippen LogP contribution in [0.1, 0.15) is 31.5 Å². The lowest BCUT2D eigenvalue weighted by atomic mass is 10.0. The second-order valence-corrected chi connectivity index (χ2v) is 8.47. The van der Waals surface area contributed by atoms with Gasteiger partial charge in [0, 0.05) is 34.9 Å². The molecule has 2 unspecified atom stereocenters. The molecule has 0 radical (unpaired) electrons. The Hall–Kier alpha value is -2.09. The SMILES string of the molecule is CC(C)CC1C(=O)OCN1C(Cc1cncn1Cc1cc(Cl)cc(Cl)c1)C(=O)O. The molecule has 156 valence electrons. The zero-order valence-corrected chi connectivity index (χ0v) is 17.7. The smallest absolute Gasteiger partial charge is 0.324 e. The fourth-order valence-corrected chi connectivity index (χ4v) is 4.12. The molecule has 1 saturated heterocycles. The number of carbonyl (C=O) groups excluding carboxylic acids is 1. The summed E-state index contributed by atoms with van der Waals surface area (Å²) in [6.45, 7) is 4.41. The number of nitrogens with zero attached hydrogens (tertiary/aromatic N) is 3. The second kappa shape index (κ2) is 9.15. The van der Waals surface area contributed by atoms with Gasteiger partial charge in [0.15, 0.2) is 0 Å². The molecular formula is C20H23Cl2N3O4. The van der Waals surface area contributed by atoms with E-state index in [1.54, 1.807) is 35.6 Å². The summed E-state index contributed by atoms with van der Waals surface area (Å²) in [5, 5.41) is 10.9. The first-order chi connectivity index (χ1) is 13.7. The van der Waals surface area contributed by atoms with Gasteiger partial charge in [-0.1, -0.05) is 37.0 Å². The molecule has 2 atom stereocenters. The van der Waals surface area contributed by atoms with Crippen molar-refractivity contribution in [2.45, 2.75) is 45.3 Å². The molecule has 0 aliphatic carbocycles. The molecule has 0 spiro atoms. The zero-order valence-electron chi connectivity index (χ0n) is 16.2.